The van der Waals surface area contributed by atoms with Crippen LogP contribution in [0.4, 0.5) is 0 Å². The lowest BCUT2D eigenvalue weighted by Gasteiger charge is -2.22. The molecule has 1 aliphatic rings. The summed E-state index contributed by atoms with van der Waals surface area (Å²) in [5.41, 5.74) is 8.03. The third-order valence-corrected chi connectivity index (χ3v) is 2.44. The Bertz CT molecular complexity index is 83.0. The quantitative estimate of drug-likeness (QED) is 0.459. The van der Waals surface area contributed by atoms with Crippen LogP contribution in [-0.4, -0.2) is 12.6 Å². The van der Waals surface area contributed by atoms with Crippen LogP contribution in [-0.2, 0) is 0 Å². The predicted octanol–water partition coefficient (Wildman–Crippen LogP) is -0.971. The van der Waals surface area contributed by atoms with Gasteiger partial charge in [-0.1, -0.05) is 6.42 Å². The zero-order valence-electron chi connectivity index (χ0n) is 6.10. The van der Waals surface area contributed by atoms with Gasteiger partial charge in [0, 0.05) is 0 Å². The number of hydrogen-bond acceptors (Lipinski definition) is 0. The van der Waals surface area contributed by atoms with Gasteiger partial charge in [0.25, 0.3) is 0 Å². The standard InChI is InChI=1S/C7H16N2/c8-5-6-3-1-2-4-7(6)9/h6-7H,1-5,8-9H2/p+2/t6-,7-/m1/s1. The Kier molecular flexibility index (Phi) is 2.49. The molecule has 54 valence electrons. The maximum atomic E-state index is 4.11. The Morgan fingerprint density at radius 2 is 1.89 bits per heavy atom. The summed E-state index contributed by atoms with van der Waals surface area (Å²) in [5, 5.41) is 0. The van der Waals surface area contributed by atoms with Crippen molar-refractivity contribution in [3.8, 4) is 0 Å². The van der Waals surface area contributed by atoms with Crippen molar-refractivity contribution in [3.63, 3.8) is 0 Å². The summed E-state index contributed by atoms with van der Waals surface area (Å²) >= 11 is 0. The molecule has 0 aliphatic heterocycles. The molecule has 1 fully saturated rings. The van der Waals surface area contributed by atoms with Crippen LogP contribution >= 0.6 is 0 Å². The first-order valence-corrected chi connectivity index (χ1v) is 3.97. The van der Waals surface area contributed by atoms with Crippen LogP contribution in [0, 0.1) is 5.92 Å². The highest BCUT2D eigenvalue weighted by molar-refractivity contribution is 4.71. The van der Waals surface area contributed by atoms with E-state index >= 15 is 0 Å². The first kappa shape index (κ1) is 7.03. The van der Waals surface area contributed by atoms with Crippen molar-refractivity contribution in [3.05, 3.63) is 0 Å². The summed E-state index contributed by atoms with van der Waals surface area (Å²) in [5.74, 6) is 0.832. The smallest absolute Gasteiger partial charge is 0.0926 e. The Morgan fingerprint density at radius 1 is 1.22 bits per heavy atom. The normalized spacial score (nSPS) is 36.7. The molecule has 2 atom stereocenters. The molecular weight excluding hydrogens is 112 g/mol. The zero-order valence-corrected chi connectivity index (χ0v) is 6.10. The van der Waals surface area contributed by atoms with E-state index in [0.29, 0.717) is 6.04 Å². The summed E-state index contributed by atoms with van der Waals surface area (Å²) in [7, 11) is 0. The second-order valence-electron chi connectivity index (χ2n) is 3.09. The lowest BCUT2D eigenvalue weighted by molar-refractivity contribution is -0.464. The van der Waals surface area contributed by atoms with Crippen LogP contribution < -0.4 is 11.5 Å². The van der Waals surface area contributed by atoms with E-state index < -0.39 is 0 Å². The molecule has 1 rings (SSSR count). The van der Waals surface area contributed by atoms with Crippen molar-refractivity contribution < 1.29 is 11.5 Å². The van der Waals surface area contributed by atoms with Gasteiger partial charge in [-0.25, -0.2) is 0 Å². The van der Waals surface area contributed by atoms with Gasteiger partial charge in [-0.3, -0.25) is 0 Å². The predicted molar refractivity (Wildman–Crippen MR) is 36.4 cm³/mol. The Balaban J connectivity index is 2.30. The zero-order chi connectivity index (χ0) is 6.69. The molecule has 0 aromatic rings. The van der Waals surface area contributed by atoms with Crippen LogP contribution in [0.5, 0.6) is 0 Å². The van der Waals surface area contributed by atoms with E-state index in [1.165, 1.54) is 25.7 Å². The maximum Gasteiger partial charge on any atom is 0.0926 e. The molecule has 0 saturated heterocycles. The fraction of sp³-hybridized carbons (Fsp3) is 1.00. The molecule has 9 heavy (non-hydrogen) atoms. The number of rotatable bonds is 1. The van der Waals surface area contributed by atoms with Gasteiger partial charge < -0.3 is 11.5 Å². The van der Waals surface area contributed by atoms with Gasteiger partial charge in [-0.2, -0.15) is 0 Å². The van der Waals surface area contributed by atoms with E-state index in [-0.39, 0.29) is 0 Å². The summed E-state index contributed by atoms with van der Waals surface area (Å²) in [4.78, 5) is 0. The van der Waals surface area contributed by atoms with Crippen LogP contribution in [0.1, 0.15) is 25.7 Å². The van der Waals surface area contributed by atoms with Crippen LogP contribution in [0.25, 0.3) is 0 Å². The van der Waals surface area contributed by atoms with Crippen molar-refractivity contribution in [2.75, 3.05) is 6.54 Å². The minimum Gasteiger partial charge on any atom is -0.357 e. The molecule has 0 spiro atoms. The number of quaternary nitrogens is 2. The average molecular weight is 130 g/mol. The SMILES string of the molecule is [NH3+]C[C@H]1CCCC[C@H]1[NH3+]. The Hall–Kier alpha value is -0.0800. The molecule has 1 saturated carbocycles. The molecule has 0 unspecified atom stereocenters. The minimum atomic E-state index is 0.705. The fourth-order valence-electron chi connectivity index (χ4n) is 1.66. The Morgan fingerprint density at radius 3 is 2.33 bits per heavy atom. The minimum absolute atomic E-state index is 0.705. The number of hydrogen-bond donors (Lipinski definition) is 2. The van der Waals surface area contributed by atoms with Crippen LogP contribution in [0.2, 0.25) is 0 Å². The van der Waals surface area contributed by atoms with Crippen LogP contribution in [0.15, 0.2) is 0 Å². The summed E-state index contributed by atoms with van der Waals surface area (Å²) in [6, 6.07) is 0.705. The summed E-state index contributed by atoms with van der Waals surface area (Å²) in [6.07, 6.45) is 5.51. The van der Waals surface area contributed by atoms with Gasteiger partial charge in [0.1, 0.15) is 0 Å². The second kappa shape index (κ2) is 3.18. The van der Waals surface area contributed by atoms with Crippen molar-refractivity contribution in [2.24, 2.45) is 5.92 Å². The molecule has 0 aromatic carbocycles. The van der Waals surface area contributed by atoms with E-state index in [0.717, 1.165) is 12.5 Å². The molecule has 0 radical (unpaired) electrons. The first-order chi connectivity index (χ1) is 4.34. The highest BCUT2D eigenvalue weighted by Crippen LogP contribution is 2.19. The van der Waals surface area contributed by atoms with E-state index in [1.54, 1.807) is 0 Å². The van der Waals surface area contributed by atoms with Gasteiger partial charge in [0.2, 0.25) is 0 Å². The average Bonchev–Trinajstić information content (AvgIpc) is 1.89. The molecule has 6 N–H and O–H groups in total. The molecule has 0 bridgehead atoms. The molecule has 2 heteroatoms. The summed E-state index contributed by atoms with van der Waals surface area (Å²) in [6.45, 7) is 1.09. The van der Waals surface area contributed by atoms with Gasteiger partial charge in [-0.05, 0) is 19.3 Å². The van der Waals surface area contributed by atoms with E-state index in [1.807, 2.05) is 0 Å². The highest BCUT2D eigenvalue weighted by Gasteiger charge is 2.24. The largest absolute Gasteiger partial charge is 0.357 e. The monoisotopic (exact) mass is 130 g/mol. The topological polar surface area (TPSA) is 55.3 Å². The van der Waals surface area contributed by atoms with Crippen LogP contribution in [0.3, 0.4) is 0 Å². The van der Waals surface area contributed by atoms with Gasteiger partial charge in [0.05, 0.1) is 18.5 Å². The third kappa shape index (κ3) is 1.66. The maximum absolute atomic E-state index is 4.11. The summed E-state index contributed by atoms with van der Waals surface area (Å²) < 4.78 is 0. The molecule has 0 aromatic heterocycles. The highest BCUT2D eigenvalue weighted by atomic mass is 14.7. The molecular formula is C7H18N2+2. The van der Waals surface area contributed by atoms with Gasteiger partial charge in [-0.15, -0.1) is 0 Å². The van der Waals surface area contributed by atoms with Crippen molar-refractivity contribution in [2.45, 2.75) is 31.7 Å². The second-order valence-corrected chi connectivity index (χ2v) is 3.09. The van der Waals surface area contributed by atoms with E-state index in [4.69, 9.17) is 0 Å². The third-order valence-electron chi connectivity index (χ3n) is 2.44. The van der Waals surface area contributed by atoms with Gasteiger partial charge >= 0.3 is 0 Å². The van der Waals surface area contributed by atoms with Crippen molar-refractivity contribution in [1.82, 2.24) is 0 Å². The fourth-order valence-corrected chi connectivity index (χ4v) is 1.66. The first-order valence-electron chi connectivity index (χ1n) is 3.97. The molecule has 0 amide bonds. The van der Waals surface area contributed by atoms with Gasteiger partial charge in [0.15, 0.2) is 0 Å². The molecule has 1 aliphatic carbocycles. The molecule has 0 heterocycles. The lowest BCUT2D eigenvalue weighted by atomic mass is 9.85. The molecule has 2 nitrogen and oxygen atoms in total. The van der Waals surface area contributed by atoms with E-state index in [2.05, 4.69) is 11.5 Å². The van der Waals surface area contributed by atoms with Crippen molar-refractivity contribution >= 4 is 0 Å². The Labute approximate surface area is 56.6 Å². The van der Waals surface area contributed by atoms with Crippen molar-refractivity contribution in [1.29, 1.82) is 0 Å². The van der Waals surface area contributed by atoms with E-state index in [9.17, 15) is 0 Å². The lowest BCUT2D eigenvalue weighted by Crippen LogP contribution is -2.70.